The molecule has 1 unspecified atom stereocenters. The van der Waals surface area contributed by atoms with Crippen molar-refractivity contribution in [2.45, 2.75) is 39.3 Å². The lowest BCUT2D eigenvalue weighted by atomic mass is 10.2. The van der Waals surface area contributed by atoms with E-state index in [4.69, 9.17) is 5.11 Å². The van der Waals surface area contributed by atoms with Crippen molar-refractivity contribution in [3.05, 3.63) is 17.5 Å². The second-order valence-electron chi connectivity index (χ2n) is 4.74. The number of amides is 1. The van der Waals surface area contributed by atoms with Crippen LogP contribution in [0.4, 0.5) is 0 Å². The number of hydrogen-bond acceptors (Lipinski definition) is 4. The van der Waals surface area contributed by atoms with Crippen LogP contribution in [0.15, 0.2) is 6.20 Å². The Balaban J connectivity index is 2.36. The third kappa shape index (κ3) is 4.65. The van der Waals surface area contributed by atoms with Gasteiger partial charge in [-0.05, 0) is 13.3 Å². The Labute approximate surface area is 118 Å². The zero-order valence-electron chi connectivity index (χ0n) is 12.1. The Morgan fingerprint density at radius 3 is 2.80 bits per heavy atom. The maximum absolute atomic E-state index is 11.6. The Morgan fingerprint density at radius 1 is 1.50 bits per heavy atom. The molecule has 1 amide bonds. The minimum absolute atomic E-state index is 0.00434. The maximum atomic E-state index is 11.6. The van der Waals surface area contributed by atoms with Crippen LogP contribution in [-0.4, -0.2) is 39.4 Å². The van der Waals surface area contributed by atoms with Crippen molar-refractivity contribution < 1.29 is 14.7 Å². The first-order valence-electron chi connectivity index (χ1n) is 6.70. The molecule has 0 saturated carbocycles. The highest BCUT2D eigenvalue weighted by molar-refractivity contribution is 5.88. The van der Waals surface area contributed by atoms with Gasteiger partial charge in [0, 0.05) is 32.6 Å². The van der Waals surface area contributed by atoms with E-state index in [9.17, 15) is 9.59 Å². The molecule has 1 rings (SSSR count). The average Bonchev–Trinajstić information content (AvgIpc) is 2.76. The summed E-state index contributed by atoms with van der Waals surface area (Å²) in [7, 11) is 1.69. The minimum atomic E-state index is -0.996. The zero-order chi connectivity index (χ0) is 15.1. The van der Waals surface area contributed by atoms with Gasteiger partial charge in [-0.2, -0.15) is 5.10 Å². The summed E-state index contributed by atoms with van der Waals surface area (Å²) in [6.07, 6.45) is 2.59. The number of aromatic nitrogens is 2. The van der Waals surface area contributed by atoms with Crippen molar-refractivity contribution in [3.8, 4) is 0 Å². The van der Waals surface area contributed by atoms with Crippen molar-refractivity contribution in [2.75, 3.05) is 6.54 Å². The molecule has 20 heavy (non-hydrogen) atoms. The molecule has 1 atom stereocenters. The van der Waals surface area contributed by atoms with Gasteiger partial charge in [0.25, 0.3) is 0 Å². The van der Waals surface area contributed by atoms with E-state index >= 15 is 0 Å². The number of rotatable bonds is 8. The van der Waals surface area contributed by atoms with Gasteiger partial charge in [0.1, 0.15) is 5.56 Å². The van der Waals surface area contributed by atoms with Crippen LogP contribution in [0, 0.1) is 0 Å². The Morgan fingerprint density at radius 2 is 2.20 bits per heavy atom. The average molecular weight is 282 g/mol. The van der Waals surface area contributed by atoms with Crippen LogP contribution in [0.5, 0.6) is 0 Å². The molecule has 7 heteroatoms. The van der Waals surface area contributed by atoms with E-state index in [1.807, 2.05) is 13.8 Å². The lowest BCUT2D eigenvalue weighted by molar-refractivity contribution is -0.121. The number of carbonyl (C=O) groups excluding carboxylic acids is 1. The van der Waals surface area contributed by atoms with Gasteiger partial charge in [0.2, 0.25) is 5.91 Å². The molecule has 0 aromatic carbocycles. The van der Waals surface area contributed by atoms with E-state index in [0.29, 0.717) is 25.2 Å². The molecule has 0 spiro atoms. The molecule has 7 nitrogen and oxygen atoms in total. The summed E-state index contributed by atoms with van der Waals surface area (Å²) in [5, 5.41) is 18.9. The lowest BCUT2D eigenvalue weighted by Gasteiger charge is -2.11. The molecule has 0 aliphatic carbocycles. The number of carbonyl (C=O) groups is 2. The van der Waals surface area contributed by atoms with Crippen molar-refractivity contribution in [1.29, 1.82) is 0 Å². The number of aryl methyl sites for hydroxylation is 1. The fourth-order valence-electron chi connectivity index (χ4n) is 1.71. The lowest BCUT2D eigenvalue weighted by Crippen LogP contribution is -2.34. The quantitative estimate of drug-likeness (QED) is 0.604. The smallest absolute Gasteiger partial charge is 0.339 e. The molecular weight excluding hydrogens is 260 g/mol. The molecule has 3 N–H and O–H groups in total. The monoisotopic (exact) mass is 282 g/mol. The van der Waals surface area contributed by atoms with Gasteiger partial charge in [-0.3, -0.25) is 9.48 Å². The summed E-state index contributed by atoms with van der Waals surface area (Å²) in [4.78, 5) is 22.5. The fourth-order valence-corrected chi connectivity index (χ4v) is 1.71. The van der Waals surface area contributed by atoms with Crippen LogP contribution in [0.2, 0.25) is 0 Å². The first-order valence-corrected chi connectivity index (χ1v) is 6.70. The normalized spacial score (nSPS) is 12.2. The van der Waals surface area contributed by atoms with Gasteiger partial charge in [-0.15, -0.1) is 0 Å². The minimum Gasteiger partial charge on any atom is -0.478 e. The van der Waals surface area contributed by atoms with Gasteiger partial charge in [0.05, 0.1) is 11.9 Å². The third-order valence-electron chi connectivity index (χ3n) is 3.13. The highest BCUT2D eigenvalue weighted by Crippen LogP contribution is 2.06. The van der Waals surface area contributed by atoms with Crippen LogP contribution < -0.4 is 10.6 Å². The largest absolute Gasteiger partial charge is 0.478 e. The van der Waals surface area contributed by atoms with Crippen LogP contribution >= 0.6 is 0 Å². The van der Waals surface area contributed by atoms with Gasteiger partial charge in [-0.1, -0.05) is 6.92 Å². The molecule has 1 aromatic heterocycles. The van der Waals surface area contributed by atoms with Crippen molar-refractivity contribution in [3.63, 3.8) is 0 Å². The van der Waals surface area contributed by atoms with Gasteiger partial charge < -0.3 is 15.7 Å². The topological polar surface area (TPSA) is 96.2 Å². The Bertz CT molecular complexity index is 470. The van der Waals surface area contributed by atoms with E-state index in [-0.39, 0.29) is 17.5 Å². The molecule has 0 radical (unpaired) electrons. The molecule has 0 fully saturated rings. The Kier molecular flexibility index (Phi) is 6.17. The fraction of sp³-hybridized carbons (Fsp3) is 0.615. The van der Waals surface area contributed by atoms with E-state index < -0.39 is 5.97 Å². The van der Waals surface area contributed by atoms with E-state index in [1.54, 1.807) is 7.05 Å². The molecule has 1 heterocycles. The number of carboxylic acids is 1. The predicted octanol–water partition coefficient (Wildman–Crippen LogP) is 0.513. The van der Waals surface area contributed by atoms with Gasteiger partial charge >= 0.3 is 5.97 Å². The molecule has 0 bridgehead atoms. The second-order valence-corrected chi connectivity index (χ2v) is 4.74. The Hall–Kier alpha value is -1.89. The highest BCUT2D eigenvalue weighted by atomic mass is 16.4. The van der Waals surface area contributed by atoms with Gasteiger partial charge in [-0.25, -0.2) is 4.79 Å². The molecule has 112 valence electrons. The first kappa shape index (κ1) is 16.2. The second kappa shape index (κ2) is 7.64. The molecule has 0 saturated heterocycles. The van der Waals surface area contributed by atoms with E-state index in [0.717, 1.165) is 6.42 Å². The number of hydrogen-bond donors (Lipinski definition) is 3. The zero-order valence-corrected chi connectivity index (χ0v) is 12.1. The number of carboxylic acid groups (broad SMARTS) is 1. The molecule has 0 aliphatic rings. The van der Waals surface area contributed by atoms with Crippen LogP contribution in [0.1, 0.15) is 42.7 Å². The molecule has 1 aromatic rings. The maximum Gasteiger partial charge on any atom is 0.339 e. The van der Waals surface area contributed by atoms with Crippen molar-refractivity contribution in [1.82, 2.24) is 20.4 Å². The molecule has 0 aliphatic heterocycles. The van der Waals surface area contributed by atoms with E-state index in [1.165, 1.54) is 10.9 Å². The van der Waals surface area contributed by atoms with Crippen molar-refractivity contribution >= 4 is 11.9 Å². The van der Waals surface area contributed by atoms with Crippen LogP contribution in [0.25, 0.3) is 0 Å². The summed E-state index contributed by atoms with van der Waals surface area (Å²) < 4.78 is 1.52. The summed E-state index contributed by atoms with van der Waals surface area (Å²) in [5.41, 5.74) is 0.781. The molecular formula is C13H22N4O3. The van der Waals surface area contributed by atoms with Gasteiger partial charge in [0.15, 0.2) is 0 Å². The third-order valence-corrected chi connectivity index (χ3v) is 3.13. The predicted molar refractivity (Wildman–Crippen MR) is 74.4 cm³/mol. The van der Waals surface area contributed by atoms with Crippen LogP contribution in [0.3, 0.4) is 0 Å². The summed E-state index contributed by atoms with van der Waals surface area (Å²) in [6, 6.07) is 0.179. The number of aromatic carboxylic acids is 1. The standard InChI is InChI=1S/C13H22N4O3/c1-4-9(2)16-12(18)5-6-14-8-11-10(13(19)20)7-15-17(11)3/h7,9,14H,4-6,8H2,1-3H3,(H,16,18)(H,19,20). The number of nitrogens with zero attached hydrogens (tertiary/aromatic N) is 2. The number of nitrogens with one attached hydrogen (secondary N) is 2. The summed E-state index contributed by atoms with van der Waals surface area (Å²) in [6.45, 7) is 4.83. The summed E-state index contributed by atoms with van der Waals surface area (Å²) in [5.74, 6) is -1.00. The van der Waals surface area contributed by atoms with Crippen molar-refractivity contribution in [2.24, 2.45) is 7.05 Å². The first-order chi connectivity index (χ1) is 9.45. The SMILES string of the molecule is CCC(C)NC(=O)CCNCc1c(C(=O)O)cnn1C. The van der Waals surface area contributed by atoms with Crippen LogP contribution in [-0.2, 0) is 18.4 Å². The summed E-state index contributed by atoms with van der Waals surface area (Å²) >= 11 is 0. The highest BCUT2D eigenvalue weighted by Gasteiger charge is 2.14. The van der Waals surface area contributed by atoms with E-state index in [2.05, 4.69) is 15.7 Å².